The van der Waals surface area contributed by atoms with E-state index >= 15 is 0 Å². The Kier molecular flexibility index (Phi) is 1.28. The van der Waals surface area contributed by atoms with E-state index in [-0.39, 0.29) is 34.2 Å². The number of amides is 2. The van der Waals surface area contributed by atoms with Crippen molar-refractivity contribution < 1.29 is 9.59 Å². The Labute approximate surface area is 80.2 Å². The molecule has 0 N–H and O–H groups in total. The minimum atomic E-state index is -0.0579. The lowest BCUT2D eigenvalue weighted by molar-refractivity contribution is -0.138. The maximum atomic E-state index is 11.6. The zero-order valence-corrected chi connectivity index (χ0v) is 7.95. The summed E-state index contributed by atoms with van der Waals surface area (Å²) >= 11 is 1.75. The summed E-state index contributed by atoms with van der Waals surface area (Å²) in [5.41, 5.74) is 0. The van der Waals surface area contributed by atoms with Crippen molar-refractivity contribution in [2.24, 2.45) is 11.8 Å². The van der Waals surface area contributed by atoms with E-state index in [0.29, 0.717) is 0 Å². The van der Waals surface area contributed by atoms with Gasteiger partial charge in [0.05, 0.1) is 11.8 Å². The predicted octanol–water partition coefficient (Wildman–Crippen LogP) is 0.271. The van der Waals surface area contributed by atoms with E-state index in [1.165, 1.54) is 4.90 Å². The lowest BCUT2D eigenvalue weighted by atomic mass is 9.85. The first-order chi connectivity index (χ1) is 6.20. The molecule has 2 unspecified atom stereocenters. The molecule has 3 aliphatic rings. The van der Waals surface area contributed by atoms with Crippen LogP contribution in [0.25, 0.3) is 0 Å². The number of likely N-dealkylation sites (tertiary alicyclic amines) is 1. The van der Waals surface area contributed by atoms with Crippen molar-refractivity contribution in [3.8, 4) is 0 Å². The summed E-state index contributed by atoms with van der Waals surface area (Å²) in [7, 11) is 1.59. The van der Waals surface area contributed by atoms with Gasteiger partial charge in [0.25, 0.3) is 0 Å². The molecule has 0 saturated carbocycles. The zero-order valence-electron chi connectivity index (χ0n) is 7.14. The zero-order chi connectivity index (χ0) is 9.16. The van der Waals surface area contributed by atoms with Crippen molar-refractivity contribution in [3.05, 3.63) is 12.2 Å². The number of hydrogen-bond donors (Lipinski definition) is 0. The van der Waals surface area contributed by atoms with Crippen LogP contribution in [0.3, 0.4) is 0 Å². The average molecular weight is 195 g/mol. The molecule has 2 amide bonds. The summed E-state index contributed by atoms with van der Waals surface area (Å²) in [5, 5.41) is 0.521. The molecule has 0 aromatic carbocycles. The first kappa shape index (κ1) is 7.62. The number of fused-ring (bicyclic) bond motifs is 5. The maximum Gasteiger partial charge on any atom is 0.234 e. The molecule has 13 heavy (non-hydrogen) atoms. The van der Waals surface area contributed by atoms with Gasteiger partial charge in [0, 0.05) is 17.5 Å². The van der Waals surface area contributed by atoms with Gasteiger partial charge < -0.3 is 0 Å². The van der Waals surface area contributed by atoms with E-state index in [4.69, 9.17) is 0 Å². The fraction of sp³-hybridized carbons (Fsp3) is 0.556. The summed E-state index contributed by atoms with van der Waals surface area (Å²) in [6.07, 6.45) is 4.14. The smallest absolute Gasteiger partial charge is 0.234 e. The quantitative estimate of drug-likeness (QED) is 0.411. The lowest BCUT2D eigenvalue weighted by Crippen LogP contribution is -2.28. The Morgan fingerprint density at radius 3 is 2.08 bits per heavy atom. The van der Waals surface area contributed by atoms with Crippen LogP contribution in [0.4, 0.5) is 0 Å². The van der Waals surface area contributed by atoms with Gasteiger partial charge in [-0.2, -0.15) is 0 Å². The molecule has 0 aromatic heterocycles. The van der Waals surface area contributed by atoms with E-state index in [2.05, 4.69) is 12.2 Å². The molecule has 3 rings (SSSR count). The van der Waals surface area contributed by atoms with Crippen LogP contribution < -0.4 is 0 Å². The van der Waals surface area contributed by atoms with Gasteiger partial charge in [-0.05, 0) is 0 Å². The van der Waals surface area contributed by atoms with E-state index in [1.807, 2.05) is 0 Å². The third-order valence-electron chi connectivity index (χ3n) is 3.13. The van der Waals surface area contributed by atoms with Crippen LogP contribution in [-0.4, -0.2) is 34.3 Å². The third-order valence-corrected chi connectivity index (χ3v) is 4.66. The summed E-state index contributed by atoms with van der Waals surface area (Å²) < 4.78 is 0. The van der Waals surface area contributed by atoms with Gasteiger partial charge >= 0.3 is 0 Å². The monoisotopic (exact) mass is 195 g/mol. The number of carbonyl (C=O) groups excluding carboxylic acids is 2. The standard InChI is InChI=1S/C9H9NO2S/c1-10-8(11)6-4-2-3-5(13-4)7(6)9(10)12/h2-7H,1H3/t4-,5+,6?,7?. The predicted molar refractivity (Wildman–Crippen MR) is 49.1 cm³/mol. The van der Waals surface area contributed by atoms with Crippen LogP contribution >= 0.6 is 11.8 Å². The largest absolute Gasteiger partial charge is 0.285 e. The minimum absolute atomic E-state index is 0.0133. The van der Waals surface area contributed by atoms with Gasteiger partial charge in [-0.25, -0.2) is 0 Å². The molecular weight excluding hydrogens is 186 g/mol. The van der Waals surface area contributed by atoms with E-state index < -0.39 is 0 Å². The van der Waals surface area contributed by atoms with Crippen LogP contribution in [0.2, 0.25) is 0 Å². The molecule has 68 valence electrons. The molecule has 0 aromatic rings. The second kappa shape index (κ2) is 2.18. The minimum Gasteiger partial charge on any atom is -0.285 e. The number of nitrogens with zero attached hydrogens (tertiary/aromatic N) is 1. The number of carbonyl (C=O) groups is 2. The normalized spacial score (nSPS) is 46.4. The van der Waals surface area contributed by atoms with Crippen LogP contribution in [0, 0.1) is 11.8 Å². The topological polar surface area (TPSA) is 37.4 Å². The van der Waals surface area contributed by atoms with Crippen molar-refractivity contribution in [1.82, 2.24) is 4.90 Å². The molecule has 3 aliphatic heterocycles. The Bertz CT molecular complexity index is 309. The second-order valence-corrected chi connectivity index (χ2v) is 5.10. The molecule has 3 heterocycles. The first-order valence-electron chi connectivity index (χ1n) is 4.35. The molecule has 0 spiro atoms. The summed E-state index contributed by atoms with van der Waals surface area (Å²) in [6, 6.07) is 0. The molecule has 2 bridgehead atoms. The third kappa shape index (κ3) is 0.729. The fourth-order valence-corrected chi connectivity index (χ4v) is 4.09. The highest BCUT2D eigenvalue weighted by Crippen LogP contribution is 2.52. The van der Waals surface area contributed by atoms with E-state index in [9.17, 15) is 9.59 Å². The molecule has 4 heteroatoms. The van der Waals surface area contributed by atoms with Crippen LogP contribution in [0.1, 0.15) is 0 Å². The van der Waals surface area contributed by atoms with E-state index in [0.717, 1.165) is 0 Å². The maximum absolute atomic E-state index is 11.6. The van der Waals surface area contributed by atoms with Crippen molar-refractivity contribution in [2.75, 3.05) is 7.05 Å². The highest BCUT2D eigenvalue weighted by atomic mass is 32.2. The molecule has 0 radical (unpaired) electrons. The summed E-state index contributed by atoms with van der Waals surface area (Å²) in [5.74, 6) is -0.0892. The molecular formula is C9H9NO2S. The van der Waals surface area contributed by atoms with E-state index in [1.54, 1.807) is 18.8 Å². The molecule has 2 fully saturated rings. The van der Waals surface area contributed by atoms with Gasteiger partial charge in [0.1, 0.15) is 0 Å². The second-order valence-electron chi connectivity index (χ2n) is 3.74. The molecule has 3 nitrogen and oxygen atoms in total. The van der Waals surface area contributed by atoms with Crippen molar-refractivity contribution in [2.45, 2.75) is 10.5 Å². The van der Waals surface area contributed by atoms with Crippen LogP contribution in [0.15, 0.2) is 12.2 Å². The van der Waals surface area contributed by atoms with Gasteiger partial charge in [-0.3, -0.25) is 14.5 Å². The summed E-state index contributed by atoms with van der Waals surface area (Å²) in [4.78, 5) is 24.6. The van der Waals surface area contributed by atoms with Crippen molar-refractivity contribution in [1.29, 1.82) is 0 Å². The SMILES string of the molecule is CN1C(=O)C2C(C1=O)[C@H]1C=C[C@@H]2S1. The van der Waals surface area contributed by atoms with Gasteiger partial charge in [-0.15, -0.1) is 11.8 Å². The molecule has 0 aliphatic carbocycles. The van der Waals surface area contributed by atoms with Gasteiger partial charge in [0.2, 0.25) is 11.8 Å². The summed E-state index contributed by atoms with van der Waals surface area (Å²) in [6.45, 7) is 0. The number of rotatable bonds is 0. The average Bonchev–Trinajstić information content (AvgIpc) is 2.76. The lowest BCUT2D eigenvalue weighted by Gasteiger charge is -2.12. The van der Waals surface area contributed by atoms with Gasteiger partial charge in [0.15, 0.2) is 0 Å². The number of thioether (sulfide) groups is 1. The van der Waals surface area contributed by atoms with Crippen molar-refractivity contribution in [3.63, 3.8) is 0 Å². The number of hydrogen-bond acceptors (Lipinski definition) is 3. The highest BCUT2D eigenvalue weighted by molar-refractivity contribution is 8.01. The van der Waals surface area contributed by atoms with Gasteiger partial charge in [-0.1, -0.05) is 12.2 Å². The Hall–Kier alpha value is -0.770. The molecule has 4 atom stereocenters. The molecule has 2 saturated heterocycles. The van der Waals surface area contributed by atoms with Crippen LogP contribution in [0.5, 0.6) is 0 Å². The first-order valence-corrected chi connectivity index (χ1v) is 5.29. The number of imide groups is 1. The highest BCUT2D eigenvalue weighted by Gasteiger charge is 2.58. The van der Waals surface area contributed by atoms with Crippen molar-refractivity contribution >= 4 is 23.6 Å². The van der Waals surface area contributed by atoms with Crippen LogP contribution in [-0.2, 0) is 9.59 Å². The Balaban J connectivity index is 2.08. The fourth-order valence-electron chi connectivity index (χ4n) is 2.45. The Morgan fingerprint density at radius 2 is 1.62 bits per heavy atom. The Morgan fingerprint density at radius 1 is 1.15 bits per heavy atom.